The van der Waals surface area contributed by atoms with Crippen LogP contribution < -0.4 is 5.43 Å². The Morgan fingerprint density at radius 1 is 1.56 bits per heavy atom. The molecule has 1 fully saturated rings. The summed E-state index contributed by atoms with van der Waals surface area (Å²) in [6.45, 7) is 0.687. The minimum Gasteiger partial charge on any atom is -0.478 e. The molecule has 0 amide bonds. The fourth-order valence-electron chi connectivity index (χ4n) is 2.65. The van der Waals surface area contributed by atoms with Crippen LogP contribution in [0.1, 0.15) is 12.8 Å². The van der Waals surface area contributed by atoms with Gasteiger partial charge in [-0.1, -0.05) is 0 Å². The second-order valence-corrected chi connectivity index (χ2v) is 5.01. The summed E-state index contributed by atoms with van der Waals surface area (Å²) in [5, 5.41) is 11.2. The van der Waals surface area contributed by atoms with Gasteiger partial charge in [-0.2, -0.15) is 0 Å². The van der Waals surface area contributed by atoms with E-state index in [0.29, 0.717) is 6.54 Å². The number of hydrogen-bond acceptors (Lipinski definition) is 5. The molecule has 0 aromatic heterocycles. The molecule has 0 aromatic rings. The van der Waals surface area contributed by atoms with Crippen LogP contribution in [0.3, 0.4) is 0 Å². The number of carboxylic acids is 1. The van der Waals surface area contributed by atoms with Crippen LogP contribution in [0.15, 0.2) is 28.2 Å². The Kier molecular flexibility index (Phi) is 2.33. The fourth-order valence-corrected chi connectivity index (χ4v) is 2.65. The molecule has 0 radical (unpaired) electrons. The molecule has 2 heterocycles. The van der Waals surface area contributed by atoms with Crippen molar-refractivity contribution in [3.63, 3.8) is 0 Å². The van der Waals surface area contributed by atoms with Gasteiger partial charge in [-0.25, -0.2) is 15.2 Å². The number of aliphatic carboxylic acids is 1. The first-order valence-electron chi connectivity index (χ1n) is 5.99. The molecule has 18 heavy (non-hydrogen) atoms. The molecule has 6 heteroatoms. The van der Waals surface area contributed by atoms with Crippen molar-refractivity contribution in [2.45, 2.75) is 18.4 Å². The Labute approximate surface area is 105 Å². The third kappa shape index (κ3) is 1.42. The van der Waals surface area contributed by atoms with Gasteiger partial charge in [0.25, 0.3) is 0 Å². The maximum Gasteiger partial charge on any atom is 0.339 e. The number of aliphatic imine (C=N–C) groups is 1. The van der Waals surface area contributed by atoms with Gasteiger partial charge in [0.1, 0.15) is 11.4 Å². The largest absolute Gasteiger partial charge is 0.478 e. The van der Waals surface area contributed by atoms with Crippen molar-refractivity contribution in [2.75, 3.05) is 20.6 Å². The smallest absolute Gasteiger partial charge is 0.339 e. The maximum atomic E-state index is 11.4. The average molecular weight is 248 g/mol. The topological polar surface area (TPSA) is 68.2 Å². The lowest BCUT2D eigenvalue weighted by Crippen LogP contribution is -2.46. The van der Waals surface area contributed by atoms with Crippen LogP contribution >= 0.6 is 0 Å². The van der Waals surface area contributed by atoms with Crippen molar-refractivity contribution < 1.29 is 9.90 Å². The lowest BCUT2D eigenvalue weighted by Gasteiger charge is -2.36. The molecule has 0 aromatic carbocycles. The van der Waals surface area contributed by atoms with Crippen LogP contribution in [-0.2, 0) is 4.79 Å². The highest BCUT2D eigenvalue weighted by Gasteiger charge is 2.53. The van der Waals surface area contributed by atoms with Gasteiger partial charge in [0.2, 0.25) is 0 Å². The van der Waals surface area contributed by atoms with Crippen LogP contribution in [0, 0.1) is 0 Å². The number of nitrogens with zero attached hydrogens (tertiary/aromatic N) is 3. The van der Waals surface area contributed by atoms with Gasteiger partial charge >= 0.3 is 5.97 Å². The molecule has 1 aliphatic carbocycles. The lowest BCUT2D eigenvalue weighted by molar-refractivity contribution is -0.132. The molecule has 0 saturated heterocycles. The highest BCUT2D eigenvalue weighted by Crippen LogP contribution is 2.50. The standard InChI is InChI=1S/C12H16N4O2/c1-15(2)12(4-5-12)10-8(11(17)18)7-13-9-3-6-14-16(9)10/h3,7,14H,4-6H2,1-2H3,(H,17,18). The second-order valence-electron chi connectivity index (χ2n) is 5.01. The molecule has 0 spiro atoms. The molecule has 6 nitrogen and oxygen atoms in total. The summed E-state index contributed by atoms with van der Waals surface area (Å²) < 4.78 is 0. The van der Waals surface area contributed by atoms with Crippen molar-refractivity contribution in [1.29, 1.82) is 0 Å². The number of fused-ring (bicyclic) bond motifs is 1. The monoisotopic (exact) mass is 248 g/mol. The summed E-state index contributed by atoms with van der Waals surface area (Å²) in [7, 11) is 3.98. The summed E-state index contributed by atoms with van der Waals surface area (Å²) in [6, 6.07) is 0. The quantitative estimate of drug-likeness (QED) is 0.745. The number of likely N-dealkylation sites (N-methyl/N-ethyl adjacent to an activating group) is 1. The van der Waals surface area contributed by atoms with E-state index in [1.807, 2.05) is 25.2 Å². The molecule has 0 bridgehead atoms. The van der Waals surface area contributed by atoms with Gasteiger partial charge in [0.05, 0.1) is 11.2 Å². The third-order valence-corrected chi connectivity index (χ3v) is 3.82. The molecule has 96 valence electrons. The van der Waals surface area contributed by atoms with Crippen molar-refractivity contribution in [3.8, 4) is 0 Å². The Hall–Kier alpha value is -1.66. The van der Waals surface area contributed by atoms with E-state index >= 15 is 0 Å². The Morgan fingerprint density at radius 3 is 2.83 bits per heavy atom. The number of hydrogen-bond donors (Lipinski definition) is 2. The summed E-state index contributed by atoms with van der Waals surface area (Å²) in [4.78, 5) is 17.7. The predicted molar refractivity (Wildman–Crippen MR) is 66.7 cm³/mol. The minimum atomic E-state index is -0.922. The molecule has 1 saturated carbocycles. The van der Waals surface area contributed by atoms with E-state index in [9.17, 15) is 9.90 Å². The average Bonchev–Trinajstić information content (AvgIpc) is 2.99. The summed E-state index contributed by atoms with van der Waals surface area (Å²) in [5.41, 5.74) is 4.11. The van der Waals surface area contributed by atoms with Crippen molar-refractivity contribution >= 4 is 12.2 Å². The van der Waals surface area contributed by atoms with Crippen LogP contribution in [0.4, 0.5) is 0 Å². The first kappa shape index (κ1) is 11.4. The van der Waals surface area contributed by atoms with Gasteiger partial charge in [0.15, 0.2) is 0 Å². The second kappa shape index (κ2) is 3.66. The lowest BCUT2D eigenvalue weighted by atomic mass is 10.0. The van der Waals surface area contributed by atoms with E-state index in [1.165, 1.54) is 6.21 Å². The number of rotatable bonds is 3. The number of nitrogens with one attached hydrogen (secondary N) is 1. The Bertz CT molecular complexity index is 500. The van der Waals surface area contributed by atoms with Crippen LogP contribution in [-0.4, -0.2) is 53.4 Å². The highest BCUT2D eigenvalue weighted by atomic mass is 16.4. The van der Waals surface area contributed by atoms with E-state index in [2.05, 4.69) is 15.3 Å². The highest BCUT2D eigenvalue weighted by molar-refractivity contribution is 6.10. The van der Waals surface area contributed by atoms with Crippen molar-refractivity contribution in [3.05, 3.63) is 23.2 Å². The zero-order valence-electron chi connectivity index (χ0n) is 10.5. The van der Waals surface area contributed by atoms with E-state index in [1.54, 1.807) is 0 Å². The van der Waals surface area contributed by atoms with Gasteiger partial charge in [0, 0.05) is 12.8 Å². The van der Waals surface area contributed by atoms with Crippen LogP contribution in [0.25, 0.3) is 0 Å². The maximum absolute atomic E-state index is 11.4. The van der Waals surface area contributed by atoms with Crippen LogP contribution in [0.5, 0.6) is 0 Å². The SMILES string of the molecule is CN(C)C1(C2=C(C(=O)O)C=NC3=CCNN32)CC1. The summed E-state index contributed by atoms with van der Waals surface area (Å²) >= 11 is 0. The Morgan fingerprint density at radius 2 is 2.28 bits per heavy atom. The van der Waals surface area contributed by atoms with Gasteiger partial charge in [-0.3, -0.25) is 9.91 Å². The third-order valence-electron chi connectivity index (χ3n) is 3.82. The zero-order valence-corrected chi connectivity index (χ0v) is 10.5. The molecule has 2 N–H and O–H groups in total. The Balaban J connectivity index is 2.13. The summed E-state index contributed by atoms with van der Waals surface area (Å²) in [6.07, 6.45) is 5.38. The fraction of sp³-hybridized carbons (Fsp3) is 0.500. The molecule has 2 aliphatic heterocycles. The number of carbonyl (C=O) groups is 1. The zero-order chi connectivity index (χ0) is 12.9. The molecule has 0 unspecified atom stereocenters. The van der Waals surface area contributed by atoms with E-state index in [-0.39, 0.29) is 11.1 Å². The van der Waals surface area contributed by atoms with Gasteiger partial charge in [-0.15, -0.1) is 0 Å². The van der Waals surface area contributed by atoms with Crippen molar-refractivity contribution in [1.82, 2.24) is 15.3 Å². The van der Waals surface area contributed by atoms with E-state index < -0.39 is 5.97 Å². The first-order valence-corrected chi connectivity index (χ1v) is 5.99. The normalized spacial score (nSPS) is 24.4. The molecule has 0 atom stereocenters. The molecular weight excluding hydrogens is 232 g/mol. The number of hydrazine groups is 1. The molecule has 3 rings (SSSR count). The van der Waals surface area contributed by atoms with Crippen molar-refractivity contribution in [2.24, 2.45) is 4.99 Å². The first-order chi connectivity index (χ1) is 8.56. The molecular formula is C12H16N4O2. The molecule has 3 aliphatic rings. The van der Waals surface area contributed by atoms with E-state index in [4.69, 9.17) is 0 Å². The number of carboxylic acid groups (broad SMARTS) is 1. The van der Waals surface area contributed by atoms with Crippen LogP contribution in [0.2, 0.25) is 0 Å². The van der Waals surface area contributed by atoms with Gasteiger partial charge in [-0.05, 0) is 33.0 Å². The van der Waals surface area contributed by atoms with E-state index in [0.717, 1.165) is 24.4 Å². The van der Waals surface area contributed by atoms with Gasteiger partial charge < -0.3 is 5.11 Å². The summed E-state index contributed by atoms with van der Waals surface area (Å²) in [5.74, 6) is -0.127. The predicted octanol–water partition coefficient (Wildman–Crippen LogP) is 0.165. The minimum absolute atomic E-state index is 0.170.